The smallest absolute Gasteiger partial charge is 0.262 e. The lowest BCUT2D eigenvalue weighted by Crippen LogP contribution is -2.32. The molecule has 0 saturated carbocycles. The zero-order chi connectivity index (χ0) is 19.4. The maximum absolute atomic E-state index is 13.0. The Morgan fingerprint density at radius 2 is 2.04 bits per heavy atom. The number of carbonyl (C=O) groups excluding carboxylic acids is 1. The van der Waals surface area contributed by atoms with Crippen LogP contribution < -0.4 is 10.9 Å². The Balaban J connectivity index is 1.86. The molecule has 0 radical (unpaired) electrons. The SMILES string of the molecule is CC[C@@H](C)n1c(S[C@@H](C)C(=O)NCc2ccco2)nc2ccccc2c1=O. The molecule has 1 N–H and O–H groups in total. The molecule has 1 amide bonds. The van der Waals surface area contributed by atoms with Crippen LogP contribution in [0.1, 0.15) is 39.0 Å². The van der Waals surface area contributed by atoms with Crippen LogP contribution >= 0.6 is 11.8 Å². The molecule has 0 aliphatic carbocycles. The van der Waals surface area contributed by atoms with Crippen molar-refractivity contribution in [3.8, 4) is 0 Å². The molecule has 2 heterocycles. The number of hydrogen-bond donors (Lipinski definition) is 1. The van der Waals surface area contributed by atoms with Crippen molar-refractivity contribution in [2.45, 2.75) is 50.2 Å². The molecule has 0 bridgehead atoms. The first-order valence-corrected chi connectivity index (χ1v) is 9.87. The van der Waals surface area contributed by atoms with Crippen LogP contribution in [0, 0.1) is 0 Å². The predicted octanol–water partition coefficient (Wildman–Crippen LogP) is 3.76. The lowest BCUT2D eigenvalue weighted by molar-refractivity contribution is -0.120. The minimum Gasteiger partial charge on any atom is -0.467 e. The first-order valence-electron chi connectivity index (χ1n) is 8.99. The molecule has 3 aromatic rings. The number of hydrogen-bond acceptors (Lipinski definition) is 5. The van der Waals surface area contributed by atoms with Crippen LogP contribution in [0.3, 0.4) is 0 Å². The summed E-state index contributed by atoms with van der Waals surface area (Å²) in [4.78, 5) is 30.1. The maximum atomic E-state index is 13.0. The molecule has 142 valence electrons. The average molecular weight is 385 g/mol. The van der Waals surface area contributed by atoms with E-state index in [1.165, 1.54) is 11.8 Å². The zero-order valence-electron chi connectivity index (χ0n) is 15.6. The summed E-state index contributed by atoms with van der Waals surface area (Å²) < 4.78 is 6.93. The normalized spacial score (nSPS) is 13.4. The molecule has 27 heavy (non-hydrogen) atoms. The molecular formula is C20H23N3O3S. The molecule has 2 atom stereocenters. The van der Waals surface area contributed by atoms with Gasteiger partial charge in [-0.15, -0.1) is 0 Å². The fourth-order valence-electron chi connectivity index (χ4n) is 2.72. The third-order valence-corrected chi connectivity index (χ3v) is 5.54. The van der Waals surface area contributed by atoms with Crippen molar-refractivity contribution < 1.29 is 9.21 Å². The fraction of sp³-hybridized carbons (Fsp3) is 0.350. The van der Waals surface area contributed by atoms with Crippen molar-refractivity contribution in [1.82, 2.24) is 14.9 Å². The van der Waals surface area contributed by atoms with Crippen LogP contribution in [0.4, 0.5) is 0 Å². The molecule has 0 saturated heterocycles. The van der Waals surface area contributed by atoms with E-state index < -0.39 is 5.25 Å². The van der Waals surface area contributed by atoms with Gasteiger partial charge >= 0.3 is 0 Å². The van der Waals surface area contributed by atoms with Crippen LogP contribution in [-0.2, 0) is 11.3 Å². The summed E-state index contributed by atoms with van der Waals surface area (Å²) in [5, 5.41) is 3.61. The van der Waals surface area contributed by atoms with Crippen molar-refractivity contribution in [2.24, 2.45) is 0 Å². The Morgan fingerprint density at radius 3 is 2.74 bits per heavy atom. The van der Waals surface area contributed by atoms with Gasteiger partial charge in [-0.2, -0.15) is 0 Å². The van der Waals surface area contributed by atoms with E-state index in [0.717, 1.165) is 6.42 Å². The van der Waals surface area contributed by atoms with Crippen LogP contribution in [0.5, 0.6) is 0 Å². The van der Waals surface area contributed by atoms with Gasteiger partial charge in [0, 0.05) is 6.04 Å². The molecule has 2 aromatic heterocycles. The Kier molecular flexibility index (Phi) is 6.01. The van der Waals surface area contributed by atoms with Crippen molar-refractivity contribution in [2.75, 3.05) is 0 Å². The van der Waals surface area contributed by atoms with E-state index in [1.54, 1.807) is 23.0 Å². The zero-order valence-corrected chi connectivity index (χ0v) is 16.5. The number of amides is 1. The van der Waals surface area contributed by atoms with Crippen LogP contribution in [0.25, 0.3) is 10.9 Å². The van der Waals surface area contributed by atoms with E-state index in [0.29, 0.717) is 28.4 Å². The molecule has 0 aliphatic rings. The van der Waals surface area contributed by atoms with Crippen molar-refractivity contribution in [3.05, 3.63) is 58.8 Å². The Morgan fingerprint density at radius 1 is 1.26 bits per heavy atom. The summed E-state index contributed by atoms with van der Waals surface area (Å²) in [6, 6.07) is 10.9. The molecule has 0 fully saturated rings. The second kappa shape index (κ2) is 8.43. The number of fused-ring (bicyclic) bond motifs is 1. The quantitative estimate of drug-likeness (QED) is 0.495. The summed E-state index contributed by atoms with van der Waals surface area (Å²) in [5.74, 6) is 0.565. The lowest BCUT2D eigenvalue weighted by Gasteiger charge is -2.20. The van der Waals surface area contributed by atoms with Gasteiger partial charge in [-0.25, -0.2) is 4.98 Å². The number of benzene rings is 1. The van der Waals surface area contributed by atoms with Gasteiger partial charge in [0.1, 0.15) is 5.76 Å². The number of nitrogens with zero attached hydrogens (tertiary/aromatic N) is 2. The molecule has 1 aromatic carbocycles. The number of rotatable bonds is 7. The highest BCUT2D eigenvalue weighted by Crippen LogP contribution is 2.26. The van der Waals surface area contributed by atoms with E-state index in [2.05, 4.69) is 10.3 Å². The molecule has 6 nitrogen and oxygen atoms in total. The summed E-state index contributed by atoms with van der Waals surface area (Å²) in [7, 11) is 0. The van der Waals surface area contributed by atoms with E-state index in [4.69, 9.17) is 4.42 Å². The average Bonchev–Trinajstić information content (AvgIpc) is 3.19. The van der Waals surface area contributed by atoms with Crippen molar-refractivity contribution >= 4 is 28.6 Å². The van der Waals surface area contributed by atoms with Gasteiger partial charge in [0.15, 0.2) is 5.16 Å². The second-order valence-corrected chi connectivity index (χ2v) is 7.71. The van der Waals surface area contributed by atoms with Gasteiger partial charge in [-0.05, 0) is 44.5 Å². The Labute approximate surface area is 162 Å². The summed E-state index contributed by atoms with van der Waals surface area (Å²) in [5.41, 5.74) is 0.577. The Hall–Kier alpha value is -2.54. The third kappa shape index (κ3) is 4.24. The molecule has 3 rings (SSSR count). The van der Waals surface area contributed by atoms with Gasteiger partial charge in [0.25, 0.3) is 5.56 Å². The fourth-order valence-corrected chi connectivity index (χ4v) is 3.76. The van der Waals surface area contributed by atoms with E-state index in [-0.39, 0.29) is 17.5 Å². The highest BCUT2D eigenvalue weighted by Gasteiger charge is 2.21. The molecule has 0 spiro atoms. The molecule has 0 unspecified atom stereocenters. The van der Waals surface area contributed by atoms with Crippen LogP contribution in [0.2, 0.25) is 0 Å². The predicted molar refractivity (Wildman–Crippen MR) is 107 cm³/mol. The van der Waals surface area contributed by atoms with Gasteiger partial charge in [0.2, 0.25) is 5.91 Å². The third-order valence-electron chi connectivity index (χ3n) is 4.48. The number of para-hydroxylation sites is 1. The van der Waals surface area contributed by atoms with Gasteiger partial charge in [-0.1, -0.05) is 30.8 Å². The van der Waals surface area contributed by atoms with E-state index in [9.17, 15) is 9.59 Å². The van der Waals surface area contributed by atoms with Crippen molar-refractivity contribution in [1.29, 1.82) is 0 Å². The largest absolute Gasteiger partial charge is 0.467 e. The number of thioether (sulfide) groups is 1. The van der Waals surface area contributed by atoms with Gasteiger partial charge < -0.3 is 9.73 Å². The highest BCUT2D eigenvalue weighted by molar-refractivity contribution is 8.00. The van der Waals surface area contributed by atoms with Gasteiger partial charge in [-0.3, -0.25) is 14.2 Å². The van der Waals surface area contributed by atoms with Crippen molar-refractivity contribution in [3.63, 3.8) is 0 Å². The standard InChI is InChI=1S/C20H23N3O3S/c1-4-13(2)23-19(25)16-9-5-6-10-17(16)22-20(23)27-14(3)18(24)21-12-15-8-7-11-26-15/h5-11,13-14H,4,12H2,1-3H3,(H,21,24)/t13-,14+/m1/s1. The maximum Gasteiger partial charge on any atom is 0.262 e. The number of nitrogens with one attached hydrogen (secondary N) is 1. The number of furan rings is 1. The summed E-state index contributed by atoms with van der Waals surface area (Å²) >= 11 is 1.30. The topological polar surface area (TPSA) is 77.1 Å². The lowest BCUT2D eigenvalue weighted by atomic mass is 10.2. The highest BCUT2D eigenvalue weighted by atomic mass is 32.2. The first-order chi connectivity index (χ1) is 13.0. The minimum atomic E-state index is -0.400. The van der Waals surface area contributed by atoms with E-state index >= 15 is 0 Å². The van der Waals surface area contributed by atoms with E-state index in [1.807, 2.05) is 45.0 Å². The minimum absolute atomic E-state index is 0.00418. The number of aromatic nitrogens is 2. The van der Waals surface area contributed by atoms with Crippen LogP contribution in [-0.4, -0.2) is 20.7 Å². The summed E-state index contributed by atoms with van der Waals surface area (Å²) in [6.07, 6.45) is 2.37. The molecule has 7 heteroatoms. The second-order valence-electron chi connectivity index (χ2n) is 6.40. The Bertz CT molecular complexity index is 982. The summed E-state index contributed by atoms with van der Waals surface area (Å²) in [6.45, 7) is 6.16. The number of carbonyl (C=O) groups is 1. The van der Waals surface area contributed by atoms with Crippen LogP contribution in [0.15, 0.2) is 57.0 Å². The molecular weight excluding hydrogens is 362 g/mol. The molecule has 0 aliphatic heterocycles. The van der Waals surface area contributed by atoms with Gasteiger partial charge in [0.05, 0.1) is 29.0 Å². The monoisotopic (exact) mass is 385 g/mol. The first kappa shape index (κ1) is 19.2.